The summed E-state index contributed by atoms with van der Waals surface area (Å²) in [4.78, 5) is 12.7. The van der Waals surface area contributed by atoms with E-state index in [1.54, 1.807) is 12.1 Å². The van der Waals surface area contributed by atoms with E-state index in [-0.39, 0.29) is 16.2 Å². The molecule has 0 spiro atoms. The minimum absolute atomic E-state index is 0.132. The second-order valence-corrected chi connectivity index (χ2v) is 10.1. The van der Waals surface area contributed by atoms with Gasteiger partial charge in [0.15, 0.2) is 0 Å². The quantitative estimate of drug-likeness (QED) is 0.412. The first-order valence-corrected chi connectivity index (χ1v) is 13.1. The zero-order valence-electron chi connectivity index (χ0n) is 19.1. The second-order valence-electron chi connectivity index (χ2n) is 7.43. The van der Waals surface area contributed by atoms with Crippen molar-refractivity contribution in [3.05, 3.63) is 58.6 Å². The Morgan fingerprint density at radius 3 is 2.36 bits per heavy atom. The van der Waals surface area contributed by atoms with Gasteiger partial charge in [0.25, 0.3) is 15.9 Å². The van der Waals surface area contributed by atoms with Gasteiger partial charge in [-0.1, -0.05) is 44.2 Å². The Hall–Kier alpha value is -2.98. The molecule has 0 saturated heterocycles. The van der Waals surface area contributed by atoms with Crippen molar-refractivity contribution in [3.8, 4) is 5.75 Å². The van der Waals surface area contributed by atoms with Crippen LogP contribution in [0.5, 0.6) is 5.75 Å². The number of rotatable bonds is 10. The summed E-state index contributed by atoms with van der Waals surface area (Å²) in [5.41, 5.74) is 1.68. The Kier molecular flexibility index (Phi) is 8.04. The van der Waals surface area contributed by atoms with E-state index < -0.39 is 15.9 Å². The lowest BCUT2D eigenvalue weighted by Crippen LogP contribution is -2.17. The van der Waals surface area contributed by atoms with Crippen LogP contribution in [0.4, 0.5) is 10.8 Å². The molecule has 2 N–H and O–H groups in total. The largest absolute Gasteiger partial charge is 0.495 e. The van der Waals surface area contributed by atoms with Crippen LogP contribution in [0, 0.1) is 0 Å². The van der Waals surface area contributed by atoms with Gasteiger partial charge in [0.2, 0.25) is 5.13 Å². The van der Waals surface area contributed by atoms with Gasteiger partial charge in [0, 0.05) is 17.2 Å². The number of hydrogen-bond donors (Lipinski definition) is 2. The van der Waals surface area contributed by atoms with Crippen LogP contribution in [0.25, 0.3) is 0 Å². The van der Waals surface area contributed by atoms with Crippen molar-refractivity contribution in [2.45, 2.75) is 50.8 Å². The van der Waals surface area contributed by atoms with Gasteiger partial charge < -0.3 is 4.74 Å². The highest BCUT2D eigenvalue weighted by molar-refractivity contribution is 7.92. The first-order chi connectivity index (χ1) is 15.8. The van der Waals surface area contributed by atoms with Crippen LogP contribution < -0.4 is 14.8 Å². The highest BCUT2D eigenvalue weighted by atomic mass is 32.2. The standard InChI is InChI=1S/C23H28N4O4S2/c1-5-15-8-11-18(12-9-15)27-33(29,30)20-14-17(10-13-19(20)31-4)21(28)24-23-26-25-22(32-23)16(6-2)7-3/h8-14,16,27H,5-7H2,1-4H3,(H,24,26,28). The highest BCUT2D eigenvalue weighted by Gasteiger charge is 2.23. The number of amides is 1. The summed E-state index contributed by atoms with van der Waals surface area (Å²) in [5, 5.41) is 12.2. The third kappa shape index (κ3) is 5.88. The normalized spacial score (nSPS) is 11.4. The molecule has 0 radical (unpaired) electrons. The molecule has 1 heterocycles. The summed E-state index contributed by atoms with van der Waals surface area (Å²) in [7, 11) is -2.62. The van der Waals surface area contributed by atoms with Crippen molar-refractivity contribution in [3.63, 3.8) is 0 Å². The Balaban J connectivity index is 1.84. The lowest BCUT2D eigenvalue weighted by molar-refractivity contribution is 0.102. The van der Waals surface area contributed by atoms with Gasteiger partial charge in [-0.15, -0.1) is 10.2 Å². The molecule has 1 aromatic heterocycles. The molecule has 2 aromatic carbocycles. The summed E-state index contributed by atoms with van der Waals surface area (Å²) < 4.78 is 33.9. The first kappa shape index (κ1) is 24.7. The number of carbonyl (C=O) groups is 1. The van der Waals surface area contributed by atoms with E-state index in [2.05, 4.69) is 34.1 Å². The smallest absolute Gasteiger partial charge is 0.265 e. The fourth-order valence-corrected chi connectivity index (χ4v) is 5.56. The van der Waals surface area contributed by atoms with Gasteiger partial charge in [-0.25, -0.2) is 8.42 Å². The number of ether oxygens (including phenoxy) is 1. The van der Waals surface area contributed by atoms with Crippen molar-refractivity contribution in [2.24, 2.45) is 0 Å². The third-order valence-corrected chi connectivity index (χ3v) is 7.73. The monoisotopic (exact) mass is 488 g/mol. The van der Waals surface area contributed by atoms with Gasteiger partial charge in [-0.2, -0.15) is 0 Å². The van der Waals surface area contributed by atoms with Crippen LogP contribution >= 0.6 is 11.3 Å². The van der Waals surface area contributed by atoms with E-state index >= 15 is 0 Å². The van der Waals surface area contributed by atoms with Crippen molar-refractivity contribution in [2.75, 3.05) is 17.1 Å². The van der Waals surface area contributed by atoms with E-state index in [0.717, 1.165) is 29.8 Å². The molecule has 0 aliphatic rings. The highest BCUT2D eigenvalue weighted by Crippen LogP contribution is 2.30. The maximum Gasteiger partial charge on any atom is 0.265 e. The Bertz CT molecular complexity index is 1200. The lowest BCUT2D eigenvalue weighted by atomic mass is 10.1. The molecule has 1 amide bonds. The molecule has 0 saturated carbocycles. The van der Waals surface area contributed by atoms with Crippen molar-refractivity contribution < 1.29 is 17.9 Å². The van der Waals surface area contributed by atoms with Crippen molar-refractivity contribution in [1.82, 2.24) is 10.2 Å². The molecule has 0 bridgehead atoms. The van der Waals surface area contributed by atoms with Crippen LogP contribution in [0.1, 0.15) is 60.5 Å². The number of hydrogen-bond acceptors (Lipinski definition) is 7. The predicted molar refractivity (Wildman–Crippen MR) is 131 cm³/mol. The summed E-state index contributed by atoms with van der Waals surface area (Å²) in [6, 6.07) is 11.4. The van der Waals surface area contributed by atoms with Gasteiger partial charge in [0.05, 0.1) is 7.11 Å². The molecule has 0 fully saturated rings. The SMILES string of the molecule is CCc1ccc(NS(=O)(=O)c2cc(C(=O)Nc3nnc(C(CC)CC)s3)ccc2OC)cc1. The third-order valence-electron chi connectivity index (χ3n) is 5.33. The zero-order chi connectivity index (χ0) is 24.0. The average molecular weight is 489 g/mol. The average Bonchev–Trinajstić information content (AvgIpc) is 3.27. The van der Waals surface area contributed by atoms with E-state index in [1.165, 1.54) is 36.6 Å². The van der Waals surface area contributed by atoms with Crippen molar-refractivity contribution >= 4 is 38.1 Å². The molecular formula is C23H28N4O4S2. The molecular weight excluding hydrogens is 460 g/mol. The van der Waals surface area contributed by atoms with Gasteiger partial charge >= 0.3 is 0 Å². The number of methoxy groups -OCH3 is 1. The Labute approximate surface area is 198 Å². The fourth-order valence-electron chi connectivity index (χ4n) is 3.30. The Morgan fingerprint density at radius 1 is 1.06 bits per heavy atom. The molecule has 10 heteroatoms. The Morgan fingerprint density at radius 2 is 1.76 bits per heavy atom. The molecule has 3 rings (SSSR count). The summed E-state index contributed by atoms with van der Waals surface area (Å²) in [5.74, 6) is -0.0480. The summed E-state index contributed by atoms with van der Waals surface area (Å²) >= 11 is 1.33. The van der Waals surface area contributed by atoms with Crippen LogP contribution in [0.2, 0.25) is 0 Å². The maximum atomic E-state index is 13.1. The molecule has 0 aliphatic carbocycles. The van der Waals surface area contributed by atoms with Crippen LogP contribution in [0.3, 0.4) is 0 Å². The second kappa shape index (κ2) is 10.8. The molecule has 0 aliphatic heterocycles. The predicted octanol–water partition coefficient (Wildman–Crippen LogP) is 5.07. The summed E-state index contributed by atoms with van der Waals surface area (Å²) in [6.45, 7) is 6.19. The fraction of sp³-hybridized carbons (Fsp3) is 0.348. The van der Waals surface area contributed by atoms with Crippen LogP contribution in [0.15, 0.2) is 47.4 Å². The number of aromatic nitrogens is 2. The molecule has 0 unspecified atom stereocenters. The minimum Gasteiger partial charge on any atom is -0.495 e. The van der Waals surface area contributed by atoms with Crippen molar-refractivity contribution in [1.29, 1.82) is 0 Å². The zero-order valence-corrected chi connectivity index (χ0v) is 20.7. The number of aryl methyl sites for hydroxylation is 1. The molecule has 176 valence electrons. The minimum atomic E-state index is -4.00. The number of benzene rings is 2. The summed E-state index contributed by atoms with van der Waals surface area (Å²) in [6.07, 6.45) is 2.73. The van der Waals surface area contributed by atoms with Crippen LogP contribution in [-0.4, -0.2) is 31.6 Å². The molecule has 3 aromatic rings. The maximum absolute atomic E-state index is 13.1. The lowest BCUT2D eigenvalue weighted by Gasteiger charge is -2.13. The first-order valence-electron chi connectivity index (χ1n) is 10.8. The van der Waals surface area contributed by atoms with Gasteiger partial charge in [-0.3, -0.25) is 14.8 Å². The van der Waals surface area contributed by atoms with E-state index in [9.17, 15) is 13.2 Å². The topological polar surface area (TPSA) is 110 Å². The molecule has 0 atom stereocenters. The number of carbonyl (C=O) groups excluding carboxylic acids is 1. The van der Waals surface area contributed by atoms with Crippen LogP contribution in [-0.2, 0) is 16.4 Å². The van der Waals surface area contributed by atoms with Gasteiger partial charge in [-0.05, 0) is 55.2 Å². The van der Waals surface area contributed by atoms with Gasteiger partial charge in [0.1, 0.15) is 15.7 Å². The van der Waals surface area contributed by atoms with E-state index in [1.807, 2.05) is 19.1 Å². The molecule has 8 nitrogen and oxygen atoms in total. The number of nitrogens with one attached hydrogen (secondary N) is 2. The van der Waals surface area contributed by atoms with E-state index in [0.29, 0.717) is 16.7 Å². The number of nitrogens with zero attached hydrogens (tertiary/aromatic N) is 2. The number of sulfonamides is 1. The number of anilines is 2. The van der Waals surface area contributed by atoms with E-state index in [4.69, 9.17) is 4.74 Å². The molecule has 33 heavy (non-hydrogen) atoms.